The van der Waals surface area contributed by atoms with Gasteiger partial charge in [-0.15, -0.1) is 0 Å². The minimum Gasteiger partial charge on any atom is -0.491 e. The first-order valence-corrected chi connectivity index (χ1v) is 11.5. The molecular formula is C26H34N2O4. The molecule has 32 heavy (non-hydrogen) atoms. The molecule has 0 aliphatic carbocycles. The number of carbonyl (C=O) groups is 1. The van der Waals surface area contributed by atoms with E-state index in [9.17, 15) is 4.79 Å². The van der Waals surface area contributed by atoms with Crippen molar-refractivity contribution in [2.24, 2.45) is 17.6 Å². The summed E-state index contributed by atoms with van der Waals surface area (Å²) in [5.41, 5.74) is 7.94. The number of nitrogens with zero attached hydrogens (tertiary/aromatic N) is 1. The fraction of sp³-hybridized carbons (Fsp3) is 0.500. The zero-order chi connectivity index (χ0) is 22.6. The number of hydrogen-bond acceptors (Lipinski definition) is 5. The molecule has 0 radical (unpaired) electrons. The van der Waals surface area contributed by atoms with E-state index in [-0.39, 0.29) is 0 Å². The van der Waals surface area contributed by atoms with Gasteiger partial charge in [0.2, 0.25) is 0 Å². The summed E-state index contributed by atoms with van der Waals surface area (Å²) >= 11 is 0. The Balaban J connectivity index is 1.48. The maximum atomic E-state index is 11.8. The fourth-order valence-corrected chi connectivity index (χ4v) is 5.26. The highest BCUT2D eigenvalue weighted by Gasteiger charge is 2.41. The Morgan fingerprint density at radius 3 is 2.19 bits per heavy atom. The number of hydrogen-bond donors (Lipinski definition) is 1. The average Bonchev–Trinajstić information content (AvgIpc) is 2.80. The molecule has 3 fully saturated rings. The number of methoxy groups -OCH3 is 1. The molecule has 1 amide bonds. The van der Waals surface area contributed by atoms with Crippen LogP contribution in [0.3, 0.4) is 0 Å². The van der Waals surface area contributed by atoms with Crippen LogP contribution in [0, 0.1) is 11.8 Å². The van der Waals surface area contributed by atoms with Crippen LogP contribution < -0.4 is 10.5 Å². The number of ether oxygens (including phenoxy) is 3. The summed E-state index contributed by atoms with van der Waals surface area (Å²) in [4.78, 5) is 14.3. The molecule has 3 saturated heterocycles. The van der Waals surface area contributed by atoms with Gasteiger partial charge >= 0.3 is 6.09 Å². The summed E-state index contributed by atoms with van der Waals surface area (Å²) in [5, 5.41) is 0. The van der Waals surface area contributed by atoms with Crippen molar-refractivity contribution in [2.75, 3.05) is 40.0 Å². The van der Waals surface area contributed by atoms with Crippen molar-refractivity contribution in [1.29, 1.82) is 0 Å². The van der Waals surface area contributed by atoms with Gasteiger partial charge in [0.25, 0.3) is 0 Å². The molecule has 3 aliphatic heterocycles. The van der Waals surface area contributed by atoms with Gasteiger partial charge in [0.05, 0.1) is 6.61 Å². The van der Waals surface area contributed by atoms with Crippen molar-refractivity contribution in [3.05, 3.63) is 54.1 Å². The molecule has 2 atom stereocenters. The summed E-state index contributed by atoms with van der Waals surface area (Å²) in [5.74, 6) is 2.05. The van der Waals surface area contributed by atoms with Crippen LogP contribution in [0.25, 0.3) is 11.1 Å². The molecule has 5 rings (SSSR count). The van der Waals surface area contributed by atoms with Crippen molar-refractivity contribution in [3.63, 3.8) is 0 Å². The number of primary amides is 1. The number of benzene rings is 2. The lowest BCUT2D eigenvalue weighted by Crippen LogP contribution is -2.49. The average molecular weight is 439 g/mol. The molecule has 2 N–H and O–H groups in total. The van der Waals surface area contributed by atoms with Gasteiger partial charge in [-0.25, -0.2) is 4.79 Å². The Kier molecular flexibility index (Phi) is 7.01. The van der Waals surface area contributed by atoms with Crippen LogP contribution in [0.2, 0.25) is 0 Å². The second-order valence-corrected chi connectivity index (χ2v) is 9.20. The van der Waals surface area contributed by atoms with Crippen LogP contribution in [-0.2, 0) is 15.1 Å². The van der Waals surface area contributed by atoms with E-state index in [0.29, 0.717) is 25.0 Å². The van der Waals surface area contributed by atoms with E-state index in [1.165, 1.54) is 25.9 Å². The van der Waals surface area contributed by atoms with Gasteiger partial charge in [-0.3, -0.25) is 0 Å². The predicted octanol–water partition coefficient (Wildman–Crippen LogP) is 4.42. The van der Waals surface area contributed by atoms with Gasteiger partial charge in [-0.05, 0) is 79.9 Å². The lowest BCUT2D eigenvalue weighted by molar-refractivity contribution is -0.0325. The van der Waals surface area contributed by atoms with Crippen LogP contribution in [0.15, 0.2) is 48.5 Å². The van der Waals surface area contributed by atoms with E-state index >= 15 is 0 Å². The van der Waals surface area contributed by atoms with Crippen LogP contribution in [0.5, 0.6) is 5.75 Å². The number of rotatable bonds is 9. The lowest BCUT2D eigenvalue weighted by Gasteiger charge is -2.47. The van der Waals surface area contributed by atoms with E-state index in [1.54, 1.807) is 7.11 Å². The summed E-state index contributed by atoms with van der Waals surface area (Å²) in [6, 6.07) is 16.3. The monoisotopic (exact) mass is 438 g/mol. The number of amides is 1. The van der Waals surface area contributed by atoms with Gasteiger partial charge < -0.3 is 24.8 Å². The third-order valence-corrected chi connectivity index (χ3v) is 7.01. The first kappa shape index (κ1) is 22.6. The van der Waals surface area contributed by atoms with Gasteiger partial charge in [-0.1, -0.05) is 36.4 Å². The Morgan fingerprint density at radius 2 is 1.66 bits per heavy atom. The number of nitrogens with two attached hydrogens (primary N) is 1. The molecule has 0 saturated carbocycles. The highest BCUT2D eigenvalue weighted by molar-refractivity contribution is 5.66. The molecule has 2 bridgehead atoms. The SMILES string of the molecule is COCCOc1ccc(-c2ccc(C(C)(C[C@@H]3CN4CCC3CC4)OC(N)=O)cc2)cc1. The minimum absolute atomic E-state index is 0.521. The summed E-state index contributed by atoms with van der Waals surface area (Å²) in [6.07, 6.45) is 2.55. The maximum Gasteiger partial charge on any atom is 0.405 e. The second-order valence-electron chi connectivity index (χ2n) is 9.20. The van der Waals surface area contributed by atoms with Crippen LogP contribution >= 0.6 is 0 Å². The first-order chi connectivity index (χ1) is 15.5. The number of fused-ring (bicyclic) bond motifs is 3. The molecule has 0 spiro atoms. The predicted molar refractivity (Wildman–Crippen MR) is 125 cm³/mol. The van der Waals surface area contributed by atoms with Gasteiger partial charge in [0, 0.05) is 13.7 Å². The third kappa shape index (κ3) is 5.25. The molecule has 1 unspecified atom stereocenters. The molecule has 172 valence electrons. The van der Waals surface area contributed by atoms with Gasteiger partial charge in [0.15, 0.2) is 0 Å². The van der Waals surface area contributed by atoms with Gasteiger partial charge in [0.1, 0.15) is 18.0 Å². The summed E-state index contributed by atoms with van der Waals surface area (Å²) in [7, 11) is 1.66. The van der Waals surface area contributed by atoms with E-state index in [2.05, 4.69) is 29.2 Å². The number of piperidine rings is 3. The lowest BCUT2D eigenvalue weighted by atomic mass is 9.72. The zero-order valence-corrected chi connectivity index (χ0v) is 19.1. The maximum absolute atomic E-state index is 11.8. The highest BCUT2D eigenvalue weighted by Crippen LogP contribution is 2.41. The molecular weight excluding hydrogens is 404 g/mol. The van der Waals surface area contributed by atoms with Crippen molar-refractivity contribution in [1.82, 2.24) is 4.90 Å². The van der Waals surface area contributed by atoms with E-state index in [4.69, 9.17) is 19.9 Å². The molecule has 6 heteroatoms. The fourth-order valence-electron chi connectivity index (χ4n) is 5.26. The van der Waals surface area contributed by atoms with Crippen molar-refractivity contribution >= 4 is 6.09 Å². The normalized spacial score (nSPS) is 24.0. The Labute approximate surface area is 190 Å². The quantitative estimate of drug-likeness (QED) is 0.587. The van der Waals surface area contributed by atoms with Crippen molar-refractivity contribution in [3.8, 4) is 16.9 Å². The Hall–Kier alpha value is -2.57. The van der Waals surface area contributed by atoms with Gasteiger partial charge in [-0.2, -0.15) is 0 Å². The van der Waals surface area contributed by atoms with E-state index in [0.717, 1.165) is 35.4 Å². The summed E-state index contributed by atoms with van der Waals surface area (Å²) in [6.45, 7) is 6.56. The Morgan fingerprint density at radius 1 is 1.03 bits per heavy atom. The Bertz CT molecular complexity index is 891. The first-order valence-electron chi connectivity index (χ1n) is 11.5. The van der Waals surface area contributed by atoms with Crippen molar-refractivity contribution in [2.45, 2.75) is 31.8 Å². The van der Waals surface area contributed by atoms with E-state index < -0.39 is 11.7 Å². The number of carbonyl (C=O) groups excluding carboxylic acids is 1. The molecule has 2 aromatic rings. The topological polar surface area (TPSA) is 74.0 Å². The van der Waals surface area contributed by atoms with Crippen molar-refractivity contribution < 1.29 is 19.0 Å². The van der Waals surface area contributed by atoms with Crippen LogP contribution in [0.1, 0.15) is 31.7 Å². The minimum atomic E-state index is -0.729. The molecule has 0 aromatic heterocycles. The molecule has 3 aliphatic rings. The zero-order valence-electron chi connectivity index (χ0n) is 19.1. The van der Waals surface area contributed by atoms with Crippen LogP contribution in [-0.4, -0.2) is 51.0 Å². The van der Waals surface area contributed by atoms with Crippen LogP contribution in [0.4, 0.5) is 4.79 Å². The smallest absolute Gasteiger partial charge is 0.405 e. The highest BCUT2D eigenvalue weighted by atomic mass is 16.6. The largest absolute Gasteiger partial charge is 0.491 e. The molecule has 3 heterocycles. The summed E-state index contributed by atoms with van der Waals surface area (Å²) < 4.78 is 16.4. The molecule has 6 nitrogen and oxygen atoms in total. The van der Waals surface area contributed by atoms with E-state index in [1.807, 2.05) is 31.2 Å². The third-order valence-electron chi connectivity index (χ3n) is 7.01. The second kappa shape index (κ2) is 9.92. The molecule has 2 aromatic carbocycles. The standard InChI is InChI=1S/C26H34N2O4/c1-26(32-25(27)29,17-22-18-28-13-11-21(22)12-14-28)23-7-3-19(4-8-23)20-5-9-24(10-6-20)31-16-15-30-2/h3-10,21-22H,11-18H2,1-2H3,(H2,27,29)/t22-,26?/m1/s1.